The number of benzene rings is 1. The Labute approximate surface area is 171 Å². The number of rotatable bonds is 6. The Bertz CT molecular complexity index is 694. The van der Waals surface area contributed by atoms with Gasteiger partial charge >= 0.3 is 0 Å². The molecular formula is C16H27FIN5O2S. The highest BCUT2D eigenvalue weighted by molar-refractivity contribution is 14.0. The molecule has 1 aromatic carbocycles. The third kappa shape index (κ3) is 8.04. The first-order valence-electron chi connectivity index (χ1n) is 8.30. The van der Waals surface area contributed by atoms with Crippen LogP contribution in [0.25, 0.3) is 0 Å². The van der Waals surface area contributed by atoms with Gasteiger partial charge in [-0.15, -0.1) is 24.0 Å². The zero-order chi connectivity index (χ0) is 18.3. The Morgan fingerprint density at radius 1 is 1.31 bits per heavy atom. The quantitative estimate of drug-likeness (QED) is 0.237. The van der Waals surface area contributed by atoms with Crippen molar-refractivity contribution in [3.05, 3.63) is 30.1 Å². The van der Waals surface area contributed by atoms with E-state index in [0.29, 0.717) is 19.0 Å². The number of sulfonamides is 1. The van der Waals surface area contributed by atoms with Crippen LogP contribution < -0.4 is 20.3 Å². The Morgan fingerprint density at radius 3 is 2.58 bits per heavy atom. The normalized spacial score (nSPS) is 16.1. The average molecular weight is 499 g/mol. The Balaban J connectivity index is 0.00000338. The van der Waals surface area contributed by atoms with Gasteiger partial charge in [0.05, 0.1) is 6.26 Å². The number of halogens is 2. The maximum absolute atomic E-state index is 13.3. The number of guanidine groups is 1. The molecular weight excluding hydrogens is 472 g/mol. The minimum atomic E-state index is -3.17. The lowest BCUT2D eigenvalue weighted by molar-refractivity contribution is 0.461. The second-order valence-corrected chi connectivity index (χ2v) is 7.88. The molecule has 0 bridgehead atoms. The lowest BCUT2D eigenvalue weighted by atomic mass is 10.0. The summed E-state index contributed by atoms with van der Waals surface area (Å²) < 4.78 is 37.8. The van der Waals surface area contributed by atoms with Crippen LogP contribution in [0.5, 0.6) is 0 Å². The van der Waals surface area contributed by atoms with E-state index < -0.39 is 10.0 Å². The molecule has 1 aliphatic heterocycles. The van der Waals surface area contributed by atoms with Gasteiger partial charge in [0.2, 0.25) is 10.0 Å². The van der Waals surface area contributed by atoms with Crippen molar-refractivity contribution >= 4 is 45.6 Å². The van der Waals surface area contributed by atoms with Crippen molar-refractivity contribution in [1.29, 1.82) is 0 Å². The molecule has 0 aromatic heterocycles. The molecule has 0 unspecified atom stereocenters. The van der Waals surface area contributed by atoms with Gasteiger partial charge < -0.3 is 15.5 Å². The molecule has 0 atom stereocenters. The monoisotopic (exact) mass is 499 g/mol. The van der Waals surface area contributed by atoms with E-state index in [2.05, 4.69) is 25.2 Å². The fourth-order valence-electron chi connectivity index (χ4n) is 2.76. The number of hydrogen-bond donors (Lipinski definition) is 3. The van der Waals surface area contributed by atoms with Gasteiger partial charge in [0.15, 0.2) is 5.96 Å². The molecule has 1 fully saturated rings. The molecule has 148 valence electrons. The topological polar surface area (TPSA) is 85.8 Å². The van der Waals surface area contributed by atoms with Crippen LogP contribution >= 0.6 is 24.0 Å². The Morgan fingerprint density at radius 2 is 2.00 bits per heavy atom. The average Bonchev–Trinajstić information content (AvgIpc) is 2.57. The summed E-state index contributed by atoms with van der Waals surface area (Å²) in [6.07, 6.45) is 2.96. The van der Waals surface area contributed by atoms with Gasteiger partial charge in [0.1, 0.15) is 5.82 Å². The summed E-state index contributed by atoms with van der Waals surface area (Å²) in [6.45, 7) is 2.44. The zero-order valence-corrected chi connectivity index (χ0v) is 18.2. The molecule has 1 aromatic rings. The highest BCUT2D eigenvalue weighted by atomic mass is 127. The SMILES string of the molecule is CN=C(NCCNS(C)(=O)=O)NC1CCN(c2cccc(F)c2)CC1.I. The molecule has 26 heavy (non-hydrogen) atoms. The van der Waals surface area contributed by atoms with Gasteiger partial charge in [-0.3, -0.25) is 4.99 Å². The van der Waals surface area contributed by atoms with Crippen LogP contribution in [0.3, 0.4) is 0 Å². The van der Waals surface area contributed by atoms with Crippen LogP contribution in [0.2, 0.25) is 0 Å². The van der Waals surface area contributed by atoms with Crippen molar-refractivity contribution < 1.29 is 12.8 Å². The van der Waals surface area contributed by atoms with Crippen molar-refractivity contribution in [2.45, 2.75) is 18.9 Å². The number of aliphatic imine (C=N–C) groups is 1. The summed E-state index contributed by atoms with van der Waals surface area (Å²) in [4.78, 5) is 6.33. The number of nitrogens with one attached hydrogen (secondary N) is 3. The number of nitrogens with zero attached hydrogens (tertiary/aromatic N) is 2. The molecule has 1 heterocycles. The summed E-state index contributed by atoms with van der Waals surface area (Å²) in [5.41, 5.74) is 0.910. The van der Waals surface area contributed by atoms with Gasteiger partial charge in [-0.25, -0.2) is 17.5 Å². The van der Waals surface area contributed by atoms with Gasteiger partial charge in [-0.05, 0) is 31.0 Å². The molecule has 0 amide bonds. The van der Waals surface area contributed by atoms with E-state index in [4.69, 9.17) is 0 Å². The van der Waals surface area contributed by atoms with E-state index in [1.165, 1.54) is 6.07 Å². The summed E-state index contributed by atoms with van der Waals surface area (Å²) in [6, 6.07) is 6.94. The van der Waals surface area contributed by atoms with E-state index in [1.54, 1.807) is 19.2 Å². The summed E-state index contributed by atoms with van der Waals surface area (Å²) in [7, 11) is -1.49. The van der Waals surface area contributed by atoms with E-state index in [1.807, 2.05) is 6.07 Å². The Kier molecular flexibility index (Phi) is 9.58. The standard InChI is InChI=1S/C16H26FN5O2S.HI/c1-18-16(19-8-9-20-25(2,23)24)21-14-6-10-22(11-7-14)15-5-3-4-13(17)12-15;/h3-5,12,14,20H,6-11H2,1-2H3,(H2,18,19,21);1H. The van der Waals surface area contributed by atoms with Crippen molar-refractivity contribution in [1.82, 2.24) is 15.4 Å². The maximum atomic E-state index is 13.3. The summed E-state index contributed by atoms with van der Waals surface area (Å²) >= 11 is 0. The van der Waals surface area contributed by atoms with Crippen LogP contribution in [0.1, 0.15) is 12.8 Å². The fourth-order valence-corrected chi connectivity index (χ4v) is 3.23. The maximum Gasteiger partial charge on any atom is 0.208 e. The first kappa shape index (κ1) is 22.9. The number of hydrogen-bond acceptors (Lipinski definition) is 4. The van der Waals surface area contributed by atoms with Crippen molar-refractivity contribution in [3.8, 4) is 0 Å². The van der Waals surface area contributed by atoms with Crippen LogP contribution in [0.4, 0.5) is 10.1 Å². The number of anilines is 1. The first-order chi connectivity index (χ1) is 11.9. The minimum Gasteiger partial charge on any atom is -0.371 e. The predicted octanol–water partition coefficient (Wildman–Crippen LogP) is 1.13. The van der Waals surface area contributed by atoms with Crippen molar-refractivity contribution in [2.24, 2.45) is 4.99 Å². The zero-order valence-electron chi connectivity index (χ0n) is 15.0. The van der Waals surface area contributed by atoms with Gasteiger partial charge in [-0.2, -0.15) is 0 Å². The summed E-state index contributed by atoms with van der Waals surface area (Å²) in [5, 5.41) is 6.44. The van der Waals surface area contributed by atoms with E-state index in [9.17, 15) is 12.8 Å². The van der Waals surface area contributed by atoms with E-state index >= 15 is 0 Å². The third-order valence-corrected chi connectivity index (χ3v) is 4.74. The molecule has 0 spiro atoms. The van der Waals surface area contributed by atoms with Gasteiger partial charge in [0.25, 0.3) is 0 Å². The molecule has 0 saturated carbocycles. The minimum absolute atomic E-state index is 0. The smallest absolute Gasteiger partial charge is 0.208 e. The Hall–Kier alpha value is -1.14. The highest BCUT2D eigenvalue weighted by Crippen LogP contribution is 2.20. The molecule has 2 rings (SSSR count). The van der Waals surface area contributed by atoms with Crippen LogP contribution in [0.15, 0.2) is 29.3 Å². The highest BCUT2D eigenvalue weighted by Gasteiger charge is 2.20. The second-order valence-electron chi connectivity index (χ2n) is 6.05. The van der Waals surface area contributed by atoms with Crippen molar-refractivity contribution in [3.63, 3.8) is 0 Å². The molecule has 0 radical (unpaired) electrons. The third-order valence-electron chi connectivity index (χ3n) is 4.01. The van der Waals surface area contributed by atoms with Crippen LogP contribution in [-0.2, 0) is 10.0 Å². The van der Waals surface area contributed by atoms with Crippen LogP contribution in [0, 0.1) is 5.82 Å². The molecule has 10 heteroatoms. The summed E-state index contributed by atoms with van der Waals surface area (Å²) in [5.74, 6) is 0.435. The molecule has 0 aliphatic carbocycles. The van der Waals surface area contributed by atoms with Crippen molar-refractivity contribution in [2.75, 3.05) is 44.4 Å². The molecule has 7 nitrogen and oxygen atoms in total. The fraction of sp³-hybridized carbons (Fsp3) is 0.562. The largest absolute Gasteiger partial charge is 0.371 e. The lowest BCUT2D eigenvalue weighted by Gasteiger charge is -2.34. The molecule has 1 aliphatic rings. The molecule has 3 N–H and O–H groups in total. The first-order valence-corrected chi connectivity index (χ1v) is 10.2. The number of piperidine rings is 1. The van der Waals surface area contributed by atoms with Gasteiger partial charge in [0, 0.05) is 45.0 Å². The predicted molar refractivity (Wildman–Crippen MR) is 114 cm³/mol. The second kappa shape index (κ2) is 10.9. The lowest BCUT2D eigenvalue weighted by Crippen LogP contribution is -2.49. The van der Waals surface area contributed by atoms with E-state index in [0.717, 1.165) is 37.9 Å². The van der Waals surface area contributed by atoms with Gasteiger partial charge in [-0.1, -0.05) is 6.07 Å². The van der Waals surface area contributed by atoms with Crippen LogP contribution in [-0.4, -0.2) is 59.9 Å². The molecule has 1 saturated heterocycles. The van der Waals surface area contributed by atoms with E-state index in [-0.39, 0.29) is 35.8 Å².